The van der Waals surface area contributed by atoms with Crippen LogP contribution in [0.3, 0.4) is 0 Å². The Kier molecular flexibility index (Phi) is 2.56. The molecule has 0 aliphatic heterocycles. The second kappa shape index (κ2) is 3.71. The highest BCUT2D eigenvalue weighted by Gasteiger charge is 2.06. The zero-order valence-corrected chi connectivity index (χ0v) is 9.80. The van der Waals surface area contributed by atoms with E-state index >= 15 is 0 Å². The van der Waals surface area contributed by atoms with Crippen LogP contribution in [0.5, 0.6) is 0 Å². The highest BCUT2D eigenvalue weighted by Crippen LogP contribution is 2.23. The van der Waals surface area contributed by atoms with Gasteiger partial charge in [0.1, 0.15) is 0 Å². The van der Waals surface area contributed by atoms with Gasteiger partial charge in [-0.15, -0.1) is 0 Å². The molecule has 1 aromatic carbocycles. The van der Waals surface area contributed by atoms with Gasteiger partial charge in [0.2, 0.25) is 0 Å². The largest absolute Gasteiger partial charge is 0.316 e. The third-order valence-electron chi connectivity index (χ3n) is 2.24. The lowest BCUT2D eigenvalue weighted by molar-refractivity contribution is 0.774. The average molecular weight is 254 g/mol. The molecule has 1 heterocycles. The molecule has 0 bridgehead atoms. The molecule has 74 valence electrons. The van der Waals surface area contributed by atoms with Crippen LogP contribution in [0, 0.1) is 0 Å². The van der Waals surface area contributed by atoms with Crippen molar-refractivity contribution in [3.05, 3.63) is 28.4 Å². The maximum atomic E-state index is 4.25. The molecule has 0 aliphatic carbocycles. The molecular weight excluding hydrogens is 242 g/mol. The lowest BCUT2D eigenvalue weighted by Crippen LogP contribution is -2.07. The molecule has 3 nitrogen and oxygen atoms in total. The normalized spacial score (nSPS) is 11.1. The molecule has 1 N–H and O–H groups in total. The Morgan fingerprint density at radius 3 is 3.00 bits per heavy atom. The fourth-order valence-electron chi connectivity index (χ4n) is 1.70. The minimum Gasteiger partial charge on any atom is -0.316 e. The van der Waals surface area contributed by atoms with Gasteiger partial charge in [-0.25, -0.2) is 0 Å². The van der Waals surface area contributed by atoms with Crippen LogP contribution in [0.4, 0.5) is 0 Å². The van der Waals surface area contributed by atoms with E-state index in [-0.39, 0.29) is 0 Å². The molecule has 14 heavy (non-hydrogen) atoms. The molecule has 0 saturated carbocycles. The molecule has 0 aliphatic rings. The van der Waals surface area contributed by atoms with Crippen LogP contribution in [0.15, 0.2) is 22.8 Å². The van der Waals surface area contributed by atoms with E-state index in [2.05, 4.69) is 38.5 Å². The van der Waals surface area contributed by atoms with E-state index in [1.807, 2.05) is 25.0 Å². The van der Waals surface area contributed by atoms with Gasteiger partial charge >= 0.3 is 0 Å². The smallest absolute Gasteiger partial charge is 0.0724 e. The molecule has 0 atom stereocenters. The van der Waals surface area contributed by atoms with Gasteiger partial charge in [-0.3, -0.25) is 4.68 Å². The topological polar surface area (TPSA) is 29.9 Å². The zero-order valence-electron chi connectivity index (χ0n) is 8.21. The van der Waals surface area contributed by atoms with E-state index in [9.17, 15) is 0 Å². The number of nitrogens with zero attached hydrogens (tertiary/aromatic N) is 2. The molecule has 0 fully saturated rings. The number of hydrogen-bond donors (Lipinski definition) is 1. The van der Waals surface area contributed by atoms with Gasteiger partial charge in [-0.2, -0.15) is 5.10 Å². The average Bonchev–Trinajstić information content (AvgIpc) is 2.48. The molecule has 0 spiro atoms. The molecule has 0 radical (unpaired) electrons. The number of hydrogen-bond acceptors (Lipinski definition) is 2. The van der Waals surface area contributed by atoms with Gasteiger partial charge in [-0.05, 0) is 24.7 Å². The summed E-state index contributed by atoms with van der Waals surface area (Å²) in [6.45, 7) is 0.857. The molecule has 1 aromatic heterocycles. The Morgan fingerprint density at radius 2 is 2.29 bits per heavy atom. The first-order valence-electron chi connectivity index (χ1n) is 4.47. The van der Waals surface area contributed by atoms with Gasteiger partial charge in [-0.1, -0.05) is 15.9 Å². The first kappa shape index (κ1) is 9.68. The number of aromatic nitrogens is 2. The molecule has 0 saturated heterocycles. The molecule has 4 heteroatoms. The van der Waals surface area contributed by atoms with E-state index in [0.717, 1.165) is 11.0 Å². The Morgan fingerprint density at radius 1 is 1.50 bits per heavy atom. The van der Waals surface area contributed by atoms with Crippen molar-refractivity contribution in [2.75, 3.05) is 7.05 Å². The van der Waals surface area contributed by atoms with Crippen LogP contribution < -0.4 is 5.32 Å². The number of benzene rings is 1. The Bertz CT molecular complexity index is 462. The summed E-state index contributed by atoms with van der Waals surface area (Å²) < 4.78 is 3.01. The second-order valence-corrected chi connectivity index (χ2v) is 4.22. The standard InChI is InChI=1S/C10H12BrN3/c1-12-5-7-3-9(11)4-8-6-13-14(2)10(7)8/h3-4,6,12H,5H2,1-2H3. The van der Waals surface area contributed by atoms with Crippen molar-refractivity contribution in [3.63, 3.8) is 0 Å². The number of halogens is 1. The highest BCUT2D eigenvalue weighted by molar-refractivity contribution is 9.10. The summed E-state index contributed by atoms with van der Waals surface area (Å²) >= 11 is 3.50. The van der Waals surface area contributed by atoms with Crippen molar-refractivity contribution < 1.29 is 0 Å². The number of nitrogens with one attached hydrogen (secondary N) is 1. The summed E-state index contributed by atoms with van der Waals surface area (Å²) in [7, 11) is 3.92. The van der Waals surface area contributed by atoms with E-state index in [4.69, 9.17) is 0 Å². The lowest BCUT2D eigenvalue weighted by Gasteiger charge is -2.05. The minimum atomic E-state index is 0.857. The predicted molar refractivity (Wildman–Crippen MR) is 61.2 cm³/mol. The lowest BCUT2D eigenvalue weighted by atomic mass is 10.1. The van der Waals surface area contributed by atoms with E-state index < -0.39 is 0 Å². The zero-order chi connectivity index (χ0) is 10.1. The third kappa shape index (κ3) is 1.55. The van der Waals surface area contributed by atoms with Crippen LogP contribution in [0.2, 0.25) is 0 Å². The number of fused-ring (bicyclic) bond motifs is 1. The fourth-order valence-corrected chi connectivity index (χ4v) is 2.23. The monoisotopic (exact) mass is 253 g/mol. The summed E-state index contributed by atoms with van der Waals surface area (Å²) in [6.07, 6.45) is 1.89. The van der Waals surface area contributed by atoms with E-state index in [1.165, 1.54) is 16.5 Å². The van der Waals surface area contributed by atoms with Crippen molar-refractivity contribution in [1.29, 1.82) is 0 Å². The van der Waals surface area contributed by atoms with Gasteiger partial charge in [0.05, 0.1) is 11.7 Å². The van der Waals surface area contributed by atoms with Crippen molar-refractivity contribution in [2.24, 2.45) is 7.05 Å². The fraction of sp³-hybridized carbons (Fsp3) is 0.300. The SMILES string of the molecule is CNCc1cc(Br)cc2cnn(C)c12. The quantitative estimate of drug-likeness (QED) is 0.888. The van der Waals surface area contributed by atoms with Crippen molar-refractivity contribution in [1.82, 2.24) is 15.1 Å². The molecule has 2 aromatic rings. The van der Waals surface area contributed by atoms with Crippen molar-refractivity contribution >= 4 is 26.8 Å². The van der Waals surface area contributed by atoms with Crippen molar-refractivity contribution in [3.8, 4) is 0 Å². The van der Waals surface area contributed by atoms with Crippen LogP contribution in [0.1, 0.15) is 5.56 Å². The minimum absolute atomic E-state index is 0.857. The van der Waals surface area contributed by atoms with Gasteiger partial charge in [0, 0.05) is 23.5 Å². The van der Waals surface area contributed by atoms with Gasteiger partial charge < -0.3 is 5.32 Å². The number of aryl methyl sites for hydroxylation is 1. The van der Waals surface area contributed by atoms with E-state index in [1.54, 1.807) is 0 Å². The summed E-state index contributed by atoms with van der Waals surface area (Å²) in [5.74, 6) is 0. The van der Waals surface area contributed by atoms with Gasteiger partial charge in [0.25, 0.3) is 0 Å². The predicted octanol–water partition coefficient (Wildman–Crippen LogP) is 2.06. The summed E-state index contributed by atoms with van der Waals surface area (Å²) in [4.78, 5) is 0. The first-order valence-corrected chi connectivity index (χ1v) is 5.26. The molecule has 0 unspecified atom stereocenters. The molecule has 0 amide bonds. The maximum Gasteiger partial charge on any atom is 0.0724 e. The van der Waals surface area contributed by atoms with Crippen molar-refractivity contribution in [2.45, 2.75) is 6.54 Å². The first-order chi connectivity index (χ1) is 6.72. The molecular formula is C10H12BrN3. The highest BCUT2D eigenvalue weighted by atomic mass is 79.9. The maximum absolute atomic E-state index is 4.25. The van der Waals surface area contributed by atoms with Crippen LogP contribution in [-0.4, -0.2) is 16.8 Å². The summed E-state index contributed by atoms with van der Waals surface area (Å²) in [6, 6.07) is 4.21. The Hall–Kier alpha value is -0.870. The number of rotatable bonds is 2. The summed E-state index contributed by atoms with van der Waals surface area (Å²) in [5, 5.41) is 8.58. The second-order valence-electron chi connectivity index (χ2n) is 3.30. The Balaban J connectivity index is 2.70. The van der Waals surface area contributed by atoms with Crippen LogP contribution >= 0.6 is 15.9 Å². The van der Waals surface area contributed by atoms with E-state index in [0.29, 0.717) is 0 Å². The third-order valence-corrected chi connectivity index (χ3v) is 2.70. The van der Waals surface area contributed by atoms with Gasteiger partial charge in [0.15, 0.2) is 0 Å². The Labute approximate surface area is 91.2 Å². The molecule has 2 rings (SSSR count). The van der Waals surface area contributed by atoms with Crippen LogP contribution in [0.25, 0.3) is 10.9 Å². The van der Waals surface area contributed by atoms with Crippen LogP contribution in [-0.2, 0) is 13.6 Å². The summed E-state index contributed by atoms with van der Waals surface area (Å²) in [5.41, 5.74) is 2.46.